The summed E-state index contributed by atoms with van der Waals surface area (Å²) < 4.78 is 8.63. The number of piperidine rings is 4. The molecule has 25 nitrogen and oxygen atoms in total. The number of imidazole rings is 4. The number of nitrogens with zero attached hydrogens (tertiary/aromatic N) is 17. The van der Waals surface area contributed by atoms with E-state index in [0.29, 0.717) is 91.8 Å². The third-order valence-electron chi connectivity index (χ3n) is 24.2. The van der Waals surface area contributed by atoms with Gasteiger partial charge in [-0.15, -0.1) is 0 Å². The molecule has 0 atom stereocenters. The zero-order valence-electron chi connectivity index (χ0n) is 72.1. The summed E-state index contributed by atoms with van der Waals surface area (Å²) in [7, 11) is 2.16. The second kappa shape index (κ2) is 37.7. The van der Waals surface area contributed by atoms with E-state index in [1.807, 2.05) is 146 Å². The minimum Gasteiger partial charge on any atom is -0.395 e. The summed E-state index contributed by atoms with van der Waals surface area (Å²) in [5, 5.41) is 9.12. The predicted octanol–water partition coefficient (Wildman–Crippen LogP) is 14.9. The van der Waals surface area contributed by atoms with Crippen molar-refractivity contribution in [1.29, 1.82) is 0 Å². The average molecular weight is 1630 g/mol. The van der Waals surface area contributed by atoms with Crippen LogP contribution in [0, 0.1) is 34.6 Å². The Morgan fingerprint density at radius 1 is 0.463 bits per heavy atom. The third kappa shape index (κ3) is 20.4. The van der Waals surface area contributed by atoms with Crippen LogP contribution in [0.1, 0.15) is 202 Å². The molecule has 4 aliphatic rings. The lowest BCUT2D eigenvalue weighted by molar-refractivity contribution is 0.164. The summed E-state index contributed by atoms with van der Waals surface area (Å²) >= 11 is 0. The van der Waals surface area contributed by atoms with Crippen molar-refractivity contribution in [2.24, 2.45) is 0 Å². The number of allylic oxidation sites excluding steroid dienone is 9. The molecule has 13 aromatic heterocycles. The summed E-state index contributed by atoms with van der Waals surface area (Å²) in [5.74, 6) is 4.30. The van der Waals surface area contributed by atoms with E-state index >= 15 is 0 Å². The highest BCUT2D eigenvalue weighted by atomic mass is 16.3. The van der Waals surface area contributed by atoms with Gasteiger partial charge in [0.25, 0.3) is 22.2 Å². The maximum absolute atomic E-state index is 12.9. The van der Waals surface area contributed by atoms with Gasteiger partial charge in [0, 0.05) is 115 Å². The standard InChI is InChI=1S/C25H31N5O.C24H29N5O2.C24H29N5O.C23H25N5O/c1-16(2)29-10-8-20(9-11-29)21-6-7-23-28-22(13-24(31)30(23)15-21)17(3)12-18(4)25-26-14-19(5)27-25;1-16(12-17(2)24-25-14-18(3)26-24)21-13-23(31)29-15-20(4-5-22(29)27-21)19-6-8-28(9-7-19)10-11-30;1-5-28-10-8-19(9-11-28)20-6-7-22-27-21(13-23(30)29(22)15-20)16(2)12-17(3)24-25-14-18(4)26-24;1-15-10-19(13-27-12-16(2)24-23(15)27)20-11-22(29)28-14-18(4-5-21(28)25-20)17-6-8-26(3)9-7-17/h6-7,12-16,20H,3,8-11H2,1-2,4-5H3,(H,26,27);4-5,12-15,19,30H,1,6-11H2,2-3H3,(H,25,26);6-7,12-15,19H,2,5,8-11H2,1,3-4H3,(H,25,26);4-5,10-14,17H,6-9H2,1-3H3/b18-12-;2*17-12-;. The zero-order chi connectivity index (χ0) is 85.4. The smallest absolute Gasteiger partial charge is 0.258 e. The maximum atomic E-state index is 12.9. The number of rotatable bonds is 18. The molecule has 0 radical (unpaired) electrons. The van der Waals surface area contributed by atoms with Gasteiger partial charge in [-0.2, -0.15) is 0 Å². The lowest BCUT2D eigenvalue weighted by Crippen LogP contribution is -2.37. The van der Waals surface area contributed by atoms with E-state index < -0.39 is 0 Å². The maximum Gasteiger partial charge on any atom is 0.258 e. The number of aliphatic hydroxyl groups excluding tert-OH is 1. The Balaban J connectivity index is 0.000000132. The first-order chi connectivity index (χ1) is 58.2. The van der Waals surface area contributed by atoms with Crippen LogP contribution < -0.4 is 22.2 Å². The number of hydrogen-bond donors (Lipinski definition) is 4. The van der Waals surface area contributed by atoms with Crippen molar-refractivity contribution in [3.05, 3.63) is 299 Å². The van der Waals surface area contributed by atoms with Gasteiger partial charge in [0.2, 0.25) is 0 Å². The molecule has 0 saturated carbocycles. The number of aromatic nitrogens is 16. The summed E-state index contributed by atoms with van der Waals surface area (Å²) in [6, 6.07) is 25.2. The van der Waals surface area contributed by atoms with Crippen LogP contribution in [0.4, 0.5) is 0 Å². The van der Waals surface area contributed by atoms with Crippen molar-refractivity contribution in [3.8, 4) is 11.3 Å². The summed E-state index contributed by atoms with van der Waals surface area (Å²) in [5.41, 5.74) is 21.3. The molecule has 17 heterocycles. The fraction of sp³-hybridized carbons (Fsp3) is 0.375. The Morgan fingerprint density at radius 2 is 0.818 bits per heavy atom. The number of nitrogens with one attached hydrogen (secondary N) is 3. The Labute approximate surface area is 706 Å². The van der Waals surface area contributed by atoms with Crippen molar-refractivity contribution in [2.45, 2.75) is 157 Å². The van der Waals surface area contributed by atoms with E-state index in [-0.39, 0.29) is 28.8 Å². The quantitative estimate of drug-likeness (QED) is 0.0581. The van der Waals surface area contributed by atoms with Crippen LogP contribution in [0.25, 0.3) is 72.9 Å². The second-order valence-corrected chi connectivity index (χ2v) is 33.5. The van der Waals surface area contributed by atoms with Gasteiger partial charge in [0.05, 0.1) is 35.1 Å². The second-order valence-electron chi connectivity index (χ2n) is 33.5. The summed E-state index contributed by atoms with van der Waals surface area (Å²) in [4.78, 5) is 107. The Morgan fingerprint density at radius 3 is 1.17 bits per heavy atom. The largest absolute Gasteiger partial charge is 0.395 e. The number of pyridine rings is 5. The molecule has 0 bridgehead atoms. The topological polar surface area (TPSA) is 274 Å². The molecular formula is C96H114N20O5. The molecule has 121 heavy (non-hydrogen) atoms. The molecule has 0 unspecified atom stereocenters. The molecule has 0 spiro atoms. The molecule has 4 N–H and O–H groups in total. The number of aliphatic hydroxyl groups is 1. The van der Waals surface area contributed by atoms with Crippen LogP contribution in [-0.2, 0) is 0 Å². The van der Waals surface area contributed by atoms with Crippen molar-refractivity contribution in [3.63, 3.8) is 0 Å². The lowest BCUT2D eigenvalue weighted by Gasteiger charge is -2.34. The highest BCUT2D eigenvalue weighted by Crippen LogP contribution is 2.34. The first-order valence-corrected chi connectivity index (χ1v) is 42.4. The van der Waals surface area contributed by atoms with E-state index in [0.717, 1.165) is 196 Å². The Hall–Kier alpha value is -12.0. The molecule has 17 rings (SSSR count). The van der Waals surface area contributed by atoms with Gasteiger partial charge in [-0.05, 0) is 320 Å². The fourth-order valence-electron chi connectivity index (χ4n) is 17.0. The van der Waals surface area contributed by atoms with Crippen molar-refractivity contribution in [2.75, 3.05) is 79.1 Å². The number of hydrogen-bond acceptors (Lipinski definition) is 17. The first kappa shape index (κ1) is 85.4. The van der Waals surface area contributed by atoms with E-state index in [1.54, 1.807) is 60.5 Å². The molecular weight excluding hydrogens is 1510 g/mol. The van der Waals surface area contributed by atoms with Crippen LogP contribution in [0.2, 0.25) is 0 Å². The van der Waals surface area contributed by atoms with Gasteiger partial charge in [0.15, 0.2) is 0 Å². The SMILES string of the molecule is C=C(/C=C(/C)c1ncc(C)[nH]1)c1cc(=O)n2cc(C3CCN(C(C)C)CC3)ccc2n1.C=C(/C=C(/C)c1ncc(C)[nH]1)c1cc(=O)n2cc(C3CCN(CC)CC3)ccc2n1.C=C(/C=C(/C)c1ncc(C)[nH]1)c1cc(=O)n2cc(C3CCN(CCO)CC3)ccc2n1.Cc1cn2cc(-c3cc(=O)n4cc(C5CCN(C)CC5)ccc4n3)cc(C)c2n1. The van der Waals surface area contributed by atoms with E-state index in [4.69, 9.17) is 10.1 Å². The van der Waals surface area contributed by atoms with E-state index in [2.05, 4.69) is 141 Å². The molecule has 0 amide bonds. The minimum absolute atomic E-state index is 0.0423. The van der Waals surface area contributed by atoms with Crippen LogP contribution in [0.5, 0.6) is 0 Å². The normalized spacial score (nSPS) is 16.2. The van der Waals surface area contributed by atoms with Crippen LogP contribution in [0.3, 0.4) is 0 Å². The number of fused-ring (bicyclic) bond motifs is 5. The lowest BCUT2D eigenvalue weighted by atomic mass is 9.90. The molecule has 0 aromatic carbocycles. The van der Waals surface area contributed by atoms with E-state index in [1.165, 1.54) is 16.7 Å². The number of β-amino-alcohol motifs (C(OH)–C–C–N with tert-alkyl or cyclic N) is 1. The number of aryl methyl sites for hydroxylation is 5. The average Bonchev–Trinajstić information content (AvgIpc) is 1.75. The molecule has 0 aliphatic carbocycles. The molecule has 628 valence electrons. The minimum atomic E-state index is -0.111. The van der Waals surface area contributed by atoms with Crippen LogP contribution in [0.15, 0.2) is 192 Å². The first-order valence-electron chi connectivity index (χ1n) is 42.4. The van der Waals surface area contributed by atoms with Crippen molar-refractivity contribution < 1.29 is 5.11 Å². The highest BCUT2D eigenvalue weighted by molar-refractivity contribution is 5.82. The summed E-state index contributed by atoms with van der Waals surface area (Å²) in [6.07, 6.45) is 31.7. The van der Waals surface area contributed by atoms with Crippen LogP contribution >= 0.6 is 0 Å². The van der Waals surface area contributed by atoms with Gasteiger partial charge < -0.3 is 44.1 Å². The number of likely N-dealkylation sites (tertiary alicyclic amines) is 4. The zero-order valence-corrected chi connectivity index (χ0v) is 72.1. The van der Waals surface area contributed by atoms with E-state index in [9.17, 15) is 19.2 Å². The van der Waals surface area contributed by atoms with Gasteiger partial charge in [-0.25, -0.2) is 39.9 Å². The Bertz CT molecular complexity index is 6340. The molecule has 25 heteroatoms. The third-order valence-corrected chi connectivity index (χ3v) is 24.2. The van der Waals surface area contributed by atoms with Gasteiger partial charge in [0.1, 0.15) is 45.7 Å². The number of aromatic amines is 3. The van der Waals surface area contributed by atoms with Crippen molar-refractivity contribution >= 4 is 61.7 Å². The highest BCUT2D eigenvalue weighted by Gasteiger charge is 2.26. The fourth-order valence-corrected chi connectivity index (χ4v) is 17.0. The molecule has 4 fully saturated rings. The Kier molecular flexibility index (Phi) is 26.6. The molecule has 4 aliphatic heterocycles. The summed E-state index contributed by atoms with van der Waals surface area (Å²) in [6.45, 7) is 45.5. The molecule has 4 saturated heterocycles. The van der Waals surface area contributed by atoms with Gasteiger partial charge in [-0.3, -0.25) is 36.8 Å². The van der Waals surface area contributed by atoms with Gasteiger partial charge in [-0.1, -0.05) is 50.9 Å². The number of H-pyrrole nitrogens is 3. The van der Waals surface area contributed by atoms with Crippen LogP contribution in [-0.4, -0.2) is 187 Å². The monoisotopic (exact) mass is 1630 g/mol. The van der Waals surface area contributed by atoms with Crippen molar-refractivity contribution in [1.82, 2.24) is 96.4 Å². The van der Waals surface area contributed by atoms with Gasteiger partial charge >= 0.3 is 0 Å². The molecule has 13 aromatic rings. The predicted molar refractivity (Wildman–Crippen MR) is 485 cm³/mol.